The summed E-state index contributed by atoms with van der Waals surface area (Å²) in [6, 6.07) is 11.0. The Labute approximate surface area is 140 Å². The number of halogens is 1. The van der Waals surface area contributed by atoms with Crippen LogP contribution in [0.15, 0.2) is 30.3 Å². The zero-order valence-electron chi connectivity index (χ0n) is 12.8. The van der Waals surface area contributed by atoms with Crippen LogP contribution in [0.5, 0.6) is 0 Å². The van der Waals surface area contributed by atoms with Crippen molar-refractivity contribution in [1.82, 2.24) is 15.0 Å². The SMILES string of the molecule is Clc1nc(NC2CC2)nc(N2CCN(c3ccccc3)CC2)n1. The normalized spacial score (nSPS) is 18.1. The van der Waals surface area contributed by atoms with E-state index in [1.165, 1.54) is 18.5 Å². The molecule has 0 bridgehead atoms. The molecule has 1 N–H and O–H groups in total. The highest BCUT2D eigenvalue weighted by Crippen LogP contribution is 2.25. The fourth-order valence-corrected chi connectivity index (χ4v) is 2.91. The summed E-state index contributed by atoms with van der Waals surface area (Å²) in [4.78, 5) is 17.5. The van der Waals surface area contributed by atoms with E-state index in [0.717, 1.165) is 26.2 Å². The maximum absolute atomic E-state index is 6.06. The first-order chi connectivity index (χ1) is 11.3. The summed E-state index contributed by atoms with van der Waals surface area (Å²) >= 11 is 6.06. The zero-order valence-corrected chi connectivity index (χ0v) is 13.6. The second-order valence-corrected chi connectivity index (χ2v) is 6.29. The van der Waals surface area contributed by atoms with Gasteiger partial charge in [-0.1, -0.05) is 18.2 Å². The van der Waals surface area contributed by atoms with E-state index in [-0.39, 0.29) is 5.28 Å². The molecule has 1 aliphatic carbocycles. The van der Waals surface area contributed by atoms with Gasteiger partial charge in [0.05, 0.1) is 0 Å². The molecule has 6 nitrogen and oxygen atoms in total. The molecule has 0 radical (unpaired) electrons. The molecule has 2 heterocycles. The van der Waals surface area contributed by atoms with Gasteiger partial charge in [0.2, 0.25) is 17.2 Å². The third-order valence-corrected chi connectivity index (χ3v) is 4.36. The molecule has 0 unspecified atom stereocenters. The molecule has 1 saturated carbocycles. The number of nitrogens with zero attached hydrogens (tertiary/aromatic N) is 5. The van der Waals surface area contributed by atoms with Gasteiger partial charge in [0, 0.05) is 37.9 Å². The highest BCUT2D eigenvalue weighted by molar-refractivity contribution is 6.28. The Morgan fingerprint density at radius 3 is 2.30 bits per heavy atom. The third kappa shape index (κ3) is 3.47. The maximum atomic E-state index is 6.06. The van der Waals surface area contributed by atoms with Gasteiger partial charge < -0.3 is 15.1 Å². The maximum Gasteiger partial charge on any atom is 0.231 e. The summed E-state index contributed by atoms with van der Waals surface area (Å²) < 4.78 is 0. The quantitative estimate of drug-likeness (QED) is 0.929. The minimum atomic E-state index is 0.253. The second kappa shape index (κ2) is 6.20. The first-order valence-corrected chi connectivity index (χ1v) is 8.39. The Morgan fingerprint density at radius 1 is 0.913 bits per heavy atom. The smallest absolute Gasteiger partial charge is 0.231 e. The highest BCUT2D eigenvalue weighted by Gasteiger charge is 2.24. The molecule has 2 aromatic rings. The number of rotatable bonds is 4. The van der Waals surface area contributed by atoms with E-state index in [1.807, 2.05) is 6.07 Å². The van der Waals surface area contributed by atoms with Gasteiger partial charge in [-0.2, -0.15) is 15.0 Å². The van der Waals surface area contributed by atoms with Crippen LogP contribution in [0.4, 0.5) is 17.6 Å². The Morgan fingerprint density at radius 2 is 1.61 bits per heavy atom. The van der Waals surface area contributed by atoms with E-state index < -0.39 is 0 Å². The van der Waals surface area contributed by atoms with E-state index in [2.05, 4.69) is 54.3 Å². The fraction of sp³-hybridized carbons (Fsp3) is 0.438. The molecule has 4 rings (SSSR count). The summed E-state index contributed by atoms with van der Waals surface area (Å²) in [5, 5.41) is 3.54. The van der Waals surface area contributed by atoms with Gasteiger partial charge in [0.25, 0.3) is 0 Å². The van der Waals surface area contributed by atoms with Crippen molar-refractivity contribution in [2.75, 3.05) is 41.3 Å². The van der Waals surface area contributed by atoms with Crippen molar-refractivity contribution in [3.8, 4) is 0 Å². The molecule has 1 saturated heterocycles. The zero-order chi connectivity index (χ0) is 15.6. The average molecular weight is 331 g/mol. The summed E-state index contributed by atoms with van der Waals surface area (Å²) in [7, 11) is 0. The summed E-state index contributed by atoms with van der Waals surface area (Å²) in [5.74, 6) is 1.26. The number of hydrogen-bond acceptors (Lipinski definition) is 6. The number of hydrogen-bond donors (Lipinski definition) is 1. The van der Waals surface area contributed by atoms with Crippen molar-refractivity contribution in [3.63, 3.8) is 0 Å². The molecule has 0 spiro atoms. The number of piperazine rings is 1. The van der Waals surface area contributed by atoms with Crippen molar-refractivity contribution < 1.29 is 0 Å². The number of benzene rings is 1. The van der Waals surface area contributed by atoms with Crippen LogP contribution in [-0.4, -0.2) is 47.2 Å². The van der Waals surface area contributed by atoms with Crippen LogP contribution in [0.1, 0.15) is 12.8 Å². The van der Waals surface area contributed by atoms with E-state index >= 15 is 0 Å². The monoisotopic (exact) mass is 330 g/mol. The number of para-hydroxylation sites is 1. The van der Waals surface area contributed by atoms with Crippen molar-refractivity contribution in [2.24, 2.45) is 0 Å². The number of anilines is 3. The van der Waals surface area contributed by atoms with Crippen LogP contribution >= 0.6 is 11.6 Å². The predicted molar refractivity (Wildman–Crippen MR) is 92.3 cm³/mol. The predicted octanol–water partition coefficient (Wildman–Crippen LogP) is 2.43. The van der Waals surface area contributed by atoms with Gasteiger partial charge in [-0.3, -0.25) is 0 Å². The average Bonchev–Trinajstić information content (AvgIpc) is 3.39. The Kier molecular flexibility index (Phi) is 3.91. The third-order valence-electron chi connectivity index (χ3n) is 4.19. The lowest BCUT2D eigenvalue weighted by Crippen LogP contribution is -2.47. The van der Waals surface area contributed by atoms with Gasteiger partial charge in [-0.25, -0.2) is 0 Å². The number of aromatic nitrogens is 3. The van der Waals surface area contributed by atoms with E-state index in [1.54, 1.807) is 0 Å². The van der Waals surface area contributed by atoms with Crippen molar-refractivity contribution in [1.29, 1.82) is 0 Å². The lowest BCUT2D eigenvalue weighted by Gasteiger charge is -2.36. The Balaban J connectivity index is 1.44. The molecular formula is C16H19ClN6. The minimum absolute atomic E-state index is 0.253. The second-order valence-electron chi connectivity index (χ2n) is 5.96. The standard InChI is InChI=1S/C16H19ClN6/c17-14-19-15(18-12-6-7-12)21-16(20-14)23-10-8-22(9-11-23)13-4-2-1-3-5-13/h1-5,12H,6-11H2,(H,18,19,20,21). The van der Waals surface area contributed by atoms with Crippen molar-refractivity contribution >= 4 is 29.2 Å². The van der Waals surface area contributed by atoms with Crippen molar-refractivity contribution in [2.45, 2.75) is 18.9 Å². The summed E-state index contributed by atoms with van der Waals surface area (Å²) in [5.41, 5.74) is 1.26. The molecule has 1 aliphatic heterocycles. The summed E-state index contributed by atoms with van der Waals surface area (Å²) in [6.45, 7) is 3.63. The molecular weight excluding hydrogens is 312 g/mol. The lowest BCUT2D eigenvalue weighted by molar-refractivity contribution is 0.638. The first-order valence-electron chi connectivity index (χ1n) is 8.01. The van der Waals surface area contributed by atoms with Gasteiger partial charge >= 0.3 is 0 Å². The first kappa shape index (κ1) is 14.5. The van der Waals surface area contributed by atoms with E-state index in [4.69, 9.17) is 11.6 Å². The van der Waals surface area contributed by atoms with Crippen molar-refractivity contribution in [3.05, 3.63) is 35.6 Å². The Bertz CT molecular complexity index is 668. The Hall–Kier alpha value is -2.08. The van der Waals surface area contributed by atoms with Crippen LogP contribution < -0.4 is 15.1 Å². The minimum Gasteiger partial charge on any atom is -0.368 e. The molecule has 120 valence electrons. The fourth-order valence-electron chi connectivity index (χ4n) is 2.76. The van der Waals surface area contributed by atoms with Gasteiger partial charge in [-0.15, -0.1) is 0 Å². The van der Waals surface area contributed by atoms with Crippen LogP contribution in [0.3, 0.4) is 0 Å². The molecule has 2 fully saturated rings. The van der Waals surface area contributed by atoms with Gasteiger partial charge in [0.15, 0.2) is 0 Å². The highest BCUT2D eigenvalue weighted by atomic mass is 35.5. The van der Waals surface area contributed by atoms with Crippen LogP contribution in [0, 0.1) is 0 Å². The van der Waals surface area contributed by atoms with Crippen LogP contribution in [-0.2, 0) is 0 Å². The van der Waals surface area contributed by atoms with Crippen LogP contribution in [0.2, 0.25) is 5.28 Å². The lowest BCUT2D eigenvalue weighted by atomic mass is 10.2. The van der Waals surface area contributed by atoms with E-state index in [0.29, 0.717) is 17.9 Å². The molecule has 23 heavy (non-hydrogen) atoms. The molecule has 7 heteroatoms. The molecule has 2 aliphatic rings. The molecule has 1 aromatic heterocycles. The van der Waals surface area contributed by atoms with E-state index in [9.17, 15) is 0 Å². The molecule has 0 amide bonds. The van der Waals surface area contributed by atoms with Gasteiger partial charge in [0.1, 0.15) is 0 Å². The largest absolute Gasteiger partial charge is 0.368 e. The summed E-state index contributed by atoms with van der Waals surface area (Å²) in [6.07, 6.45) is 2.35. The topological polar surface area (TPSA) is 57.2 Å². The van der Waals surface area contributed by atoms with Crippen LogP contribution in [0.25, 0.3) is 0 Å². The molecule has 1 aromatic carbocycles. The molecule has 0 atom stereocenters. The van der Waals surface area contributed by atoms with Gasteiger partial charge in [-0.05, 0) is 36.6 Å². The number of nitrogens with one attached hydrogen (secondary N) is 1.